The topological polar surface area (TPSA) is 52.5 Å². The molecule has 0 fully saturated rings. The van der Waals surface area contributed by atoms with Gasteiger partial charge in [0.2, 0.25) is 0 Å². The summed E-state index contributed by atoms with van der Waals surface area (Å²) in [6.45, 7) is -5.89. The highest BCUT2D eigenvalue weighted by atomic mass is 35.5. The molecule has 0 amide bonds. The van der Waals surface area contributed by atoms with Crippen molar-refractivity contribution in [1.82, 2.24) is 5.32 Å². The minimum atomic E-state index is -2.94. The van der Waals surface area contributed by atoms with E-state index in [1.54, 1.807) is 0 Å². The third-order valence-electron chi connectivity index (χ3n) is 0.381. The van der Waals surface area contributed by atoms with Gasteiger partial charge in [0.25, 0.3) is 0 Å². The van der Waals surface area contributed by atoms with Crippen molar-refractivity contribution in [2.45, 2.75) is 0 Å². The predicted molar refractivity (Wildman–Crippen MR) is 34.3 cm³/mol. The molecule has 0 bridgehead atoms. The highest BCUT2D eigenvalue weighted by Gasteiger charge is 1.78. The zero-order chi connectivity index (χ0) is 9.12. The Morgan fingerprint density at radius 2 is 2.12 bits per heavy atom. The summed E-state index contributed by atoms with van der Waals surface area (Å²) in [5.74, 6) is 0. The summed E-state index contributed by atoms with van der Waals surface area (Å²) in [4.78, 5) is 0. The van der Waals surface area contributed by atoms with Crippen LogP contribution in [-0.4, -0.2) is 36.4 Å². The number of aliphatic hydroxyl groups is 2. The van der Waals surface area contributed by atoms with Crippen molar-refractivity contribution in [2.24, 2.45) is 0 Å². The van der Waals surface area contributed by atoms with Crippen LogP contribution in [0.2, 0.25) is 0 Å². The second-order valence-corrected chi connectivity index (χ2v) is 0.887. The van der Waals surface area contributed by atoms with Gasteiger partial charge in [0.05, 0.1) is 15.9 Å². The third-order valence-corrected chi connectivity index (χ3v) is 0.381. The number of rotatable bonds is 4. The minimum Gasteiger partial charge on any atom is -0.395 e. The summed E-state index contributed by atoms with van der Waals surface area (Å²) in [6.07, 6.45) is 0. The van der Waals surface area contributed by atoms with Crippen LogP contribution in [0.25, 0.3) is 0 Å². The summed E-state index contributed by atoms with van der Waals surface area (Å²) in [6, 6.07) is 0. The molecule has 0 aliphatic carbocycles. The van der Waals surface area contributed by atoms with E-state index in [0.717, 1.165) is 0 Å². The molecule has 0 saturated heterocycles. The van der Waals surface area contributed by atoms with Crippen molar-refractivity contribution in [3.63, 3.8) is 0 Å². The second kappa shape index (κ2) is 10.2. The fourth-order valence-electron chi connectivity index (χ4n) is 0.158. The molecular weight excluding hydrogens is 130 g/mol. The van der Waals surface area contributed by atoms with Crippen molar-refractivity contribution < 1.29 is 15.7 Å². The van der Waals surface area contributed by atoms with Gasteiger partial charge in [0, 0.05) is 15.8 Å². The molecule has 52 valence electrons. The first-order valence-corrected chi connectivity index (χ1v) is 1.89. The maximum absolute atomic E-state index is 8.59. The monoisotopic (exact) mass is 145 g/mol. The lowest BCUT2D eigenvalue weighted by molar-refractivity contribution is 0.267. The lowest BCUT2D eigenvalue weighted by Crippen LogP contribution is -2.21. The second-order valence-electron chi connectivity index (χ2n) is 0.887. The quantitative estimate of drug-likeness (QED) is 0.475. The molecule has 0 saturated carbocycles. The van der Waals surface area contributed by atoms with Crippen molar-refractivity contribution >= 4 is 12.4 Å². The lowest BCUT2D eigenvalue weighted by Gasteiger charge is -1.94. The van der Waals surface area contributed by atoms with Crippen LogP contribution in [0.3, 0.4) is 0 Å². The Labute approximate surface area is 60.7 Å². The molecule has 0 aliphatic rings. The van der Waals surface area contributed by atoms with Gasteiger partial charge in [-0.15, -0.1) is 12.4 Å². The van der Waals surface area contributed by atoms with Crippen LogP contribution in [0, 0.1) is 0 Å². The van der Waals surface area contributed by atoms with E-state index in [1.165, 1.54) is 0 Å². The molecule has 0 rings (SSSR count). The Balaban J connectivity index is 0. The van der Waals surface area contributed by atoms with Gasteiger partial charge in [-0.1, -0.05) is 0 Å². The first-order valence-electron chi connectivity index (χ1n) is 3.89. The van der Waals surface area contributed by atoms with Crippen LogP contribution < -0.4 is 5.32 Å². The zero-order valence-corrected chi connectivity index (χ0v) is 5.03. The number of hydrogen-bond acceptors (Lipinski definition) is 3. The maximum Gasteiger partial charge on any atom is 0.0577 e. The average Bonchev–Trinajstić information content (AvgIpc) is 1.81. The molecule has 0 atom stereocenters. The summed E-state index contributed by atoms with van der Waals surface area (Å²) in [5, 5.41) is 18.9. The van der Waals surface area contributed by atoms with E-state index in [1.807, 2.05) is 5.32 Å². The van der Waals surface area contributed by atoms with E-state index < -0.39 is 13.1 Å². The molecule has 4 heteroatoms. The van der Waals surface area contributed by atoms with Gasteiger partial charge in [-0.2, -0.15) is 0 Å². The van der Waals surface area contributed by atoms with Gasteiger partial charge in [-0.3, -0.25) is 0 Å². The summed E-state index contributed by atoms with van der Waals surface area (Å²) in [7, 11) is 0. The Morgan fingerprint density at radius 3 is 2.50 bits per heavy atom. The summed E-state index contributed by atoms with van der Waals surface area (Å²) in [5.41, 5.74) is 0. The molecule has 3 nitrogen and oxygen atoms in total. The third kappa shape index (κ3) is 9.48. The fraction of sp³-hybridized carbons (Fsp3) is 1.00. The molecule has 3 N–H and O–H groups in total. The largest absolute Gasteiger partial charge is 0.395 e. The van der Waals surface area contributed by atoms with Crippen LogP contribution in [-0.2, 0) is 0 Å². The highest BCUT2D eigenvalue weighted by molar-refractivity contribution is 5.85. The molecule has 0 aromatic carbocycles. The van der Waals surface area contributed by atoms with Gasteiger partial charge in [-0.25, -0.2) is 0 Å². The van der Waals surface area contributed by atoms with Gasteiger partial charge in [-0.05, 0) is 0 Å². The zero-order valence-electron chi connectivity index (χ0n) is 8.22. The number of nitrogens with one attached hydrogen (secondary N) is 1. The number of hydrogen-bond donors (Lipinski definition) is 3. The normalized spacial score (nSPS) is 19.2. The Bertz CT molecular complexity index is 129. The summed E-state index contributed by atoms with van der Waals surface area (Å²) < 4.78 is 27.0. The highest BCUT2D eigenvalue weighted by Crippen LogP contribution is 1.54. The van der Waals surface area contributed by atoms with E-state index in [2.05, 4.69) is 0 Å². The minimum absolute atomic E-state index is 0. The Kier molecular flexibility index (Phi) is 5.18. The predicted octanol–water partition coefficient (Wildman–Crippen LogP) is -1.02. The smallest absolute Gasteiger partial charge is 0.0577 e. The van der Waals surface area contributed by atoms with Gasteiger partial charge in [0.1, 0.15) is 0 Å². The van der Waals surface area contributed by atoms with E-state index in [9.17, 15) is 0 Å². The van der Waals surface area contributed by atoms with Gasteiger partial charge < -0.3 is 15.5 Å². The van der Waals surface area contributed by atoms with Gasteiger partial charge in [0.15, 0.2) is 0 Å². The number of aliphatic hydroxyl groups excluding tert-OH is 1. The molecule has 8 heavy (non-hydrogen) atoms. The van der Waals surface area contributed by atoms with Crippen LogP contribution in [0.4, 0.5) is 0 Å². The SMILES string of the molecule is Cl.[2H]C([2H])(O)C([2H])([2H])NCCO. The molecule has 0 aromatic heterocycles. The van der Waals surface area contributed by atoms with Gasteiger partial charge >= 0.3 is 0 Å². The van der Waals surface area contributed by atoms with E-state index >= 15 is 0 Å². The molecule has 0 aliphatic heterocycles. The van der Waals surface area contributed by atoms with Crippen LogP contribution in [0.15, 0.2) is 0 Å². The lowest BCUT2D eigenvalue weighted by atomic mass is 10.6. The van der Waals surface area contributed by atoms with Crippen molar-refractivity contribution in [3.8, 4) is 0 Å². The maximum atomic E-state index is 8.59. The van der Waals surface area contributed by atoms with Crippen molar-refractivity contribution in [3.05, 3.63) is 0 Å². The van der Waals surface area contributed by atoms with E-state index in [0.29, 0.717) is 0 Å². The molecule has 0 unspecified atom stereocenters. The number of halogens is 1. The molecular formula is C4H12ClNO2. The van der Waals surface area contributed by atoms with E-state index in [-0.39, 0.29) is 25.6 Å². The Hall–Kier alpha value is 0.170. The van der Waals surface area contributed by atoms with Crippen LogP contribution in [0.1, 0.15) is 5.48 Å². The first-order chi connectivity index (χ1) is 4.81. The Morgan fingerprint density at radius 1 is 1.50 bits per heavy atom. The molecule has 0 heterocycles. The van der Waals surface area contributed by atoms with Crippen molar-refractivity contribution in [2.75, 3.05) is 26.2 Å². The van der Waals surface area contributed by atoms with Crippen molar-refractivity contribution in [1.29, 1.82) is 0 Å². The summed E-state index contributed by atoms with van der Waals surface area (Å²) >= 11 is 0. The van der Waals surface area contributed by atoms with E-state index in [4.69, 9.17) is 15.7 Å². The first kappa shape index (κ1) is 4.06. The molecule has 0 aromatic rings. The standard InChI is InChI=1S/C4H11NO2.ClH/c6-3-1-5-2-4-7;/h5-7H,1-4H2;1H/i1D2,3D2;. The molecule has 0 spiro atoms. The van der Waals surface area contributed by atoms with Crippen LogP contribution >= 0.6 is 12.4 Å². The average molecular weight is 146 g/mol. The van der Waals surface area contributed by atoms with Crippen LogP contribution in [0.5, 0.6) is 0 Å². The molecule has 0 radical (unpaired) electrons. The fourth-order valence-corrected chi connectivity index (χ4v) is 0.158.